The van der Waals surface area contributed by atoms with E-state index in [1.54, 1.807) is 0 Å². The first-order chi connectivity index (χ1) is 14.0. The van der Waals surface area contributed by atoms with Crippen LogP contribution in [0.3, 0.4) is 0 Å². The Morgan fingerprint density at radius 2 is 1.45 bits per heavy atom. The van der Waals surface area contributed by atoms with E-state index in [1.165, 1.54) is 0 Å². The van der Waals surface area contributed by atoms with Gasteiger partial charge in [0.15, 0.2) is 0 Å². The SMILES string of the molecule is Cc1ccc(C2=Nc3nc4ccccc4n3C(C)(c3ccc(C)cc3)C2=O)cc1. The number of rotatable bonds is 2. The number of carbonyl (C=O) groups excluding carboxylic acids is 1. The molecule has 1 unspecified atom stereocenters. The minimum Gasteiger partial charge on any atom is -0.291 e. The molecule has 0 saturated heterocycles. The van der Waals surface area contributed by atoms with Crippen molar-refractivity contribution in [1.82, 2.24) is 9.55 Å². The van der Waals surface area contributed by atoms with Crippen molar-refractivity contribution in [1.29, 1.82) is 0 Å². The van der Waals surface area contributed by atoms with Gasteiger partial charge in [-0.1, -0.05) is 71.8 Å². The first-order valence-electron chi connectivity index (χ1n) is 9.74. The Kier molecular flexibility index (Phi) is 3.78. The molecule has 142 valence electrons. The Hall–Kier alpha value is -3.53. The van der Waals surface area contributed by atoms with Gasteiger partial charge in [0.05, 0.1) is 11.0 Å². The Morgan fingerprint density at radius 1 is 0.828 bits per heavy atom. The standard InChI is InChI=1S/C25H21N3O/c1-16-8-12-18(13-9-16)22-23(29)25(3,19-14-10-17(2)11-15-19)28-21-7-5-4-6-20(21)26-24(28)27-22/h4-15H,1-3H3. The highest BCUT2D eigenvalue weighted by atomic mass is 16.1. The third-order valence-corrected chi connectivity index (χ3v) is 5.80. The number of benzene rings is 3. The fourth-order valence-corrected chi connectivity index (χ4v) is 4.06. The van der Waals surface area contributed by atoms with Gasteiger partial charge in [-0.2, -0.15) is 0 Å². The zero-order chi connectivity index (χ0) is 20.2. The van der Waals surface area contributed by atoms with E-state index in [0.717, 1.165) is 33.3 Å². The fourth-order valence-electron chi connectivity index (χ4n) is 4.06. The topological polar surface area (TPSA) is 47.2 Å². The zero-order valence-electron chi connectivity index (χ0n) is 16.7. The summed E-state index contributed by atoms with van der Waals surface area (Å²) < 4.78 is 1.98. The second kappa shape index (κ2) is 6.24. The van der Waals surface area contributed by atoms with E-state index in [9.17, 15) is 4.79 Å². The van der Waals surface area contributed by atoms with E-state index in [1.807, 2.05) is 98.1 Å². The summed E-state index contributed by atoms with van der Waals surface area (Å²) in [5, 5.41) is 0. The summed E-state index contributed by atoms with van der Waals surface area (Å²) in [6.07, 6.45) is 0. The second-order valence-corrected chi connectivity index (χ2v) is 7.83. The number of fused-ring (bicyclic) bond motifs is 3. The molecule has 3 aromatic carbocycles. The van der Waals surface area contributed by atoms with Crippen molar-refractivity contribution in [3.63, 3.8) is 0 Å². The third kappa shape index (κ3) is 2.56. The molecule has 1 aliphatic rings. The highest BCUT2D eigenvalue weighted by Gasteiger charge is 2.45. The van der Waals surface area contributed by atoms with Gasteiger partial charge in [-0.05, 0) is 38.5 Å². The molecule has 4 aromatic rings. The second-order valence-electron chi connectivity index (χ2n) is 7.83. The lowest BCUT2D eigenvalue weighted by Gasteiger charge is -2.35. The van der Waals surface area contributed by atoms with Crippen LogP contribution in [0.2, 0.25) is 0 Å². The fraction of sp³-hybridized carbons (Fsp3) is 0.160. The van der Waals surface area contributed by atoms with Crippen LogP contribution in [-0.2, 0) is 10.3 Å². The van der Waals surface area contributed by atoms with Crippen molar-refractivity contribution >= 4 is 28.5 Å². The molecule has 1 aromatic heterocycles. The summed E-state index contributed by atoms with van der Waals surface area (Å²) >= 11 is 0. The Labute approximate surface area is 169 Å². The highest BCUT2D eigenvalue weighted by Crippen LogP contribution is 2.40. The Balaban J connectivity index is 1.83. The maximum absolute atomic E-state index is 13.9. The van der Waals surface area contributed by atoms with Crippen LogP contribution in [-0.4, -0.2) is 21.0 Å². The summed E-state index contributed by atoms with van der Waals surface area (Å²) in [6.45, 7) is 6.05. The summed E-state index contributed by atoms with van der Waals surface area (Å²) in [6, 6.07) is 24.0. The van der Waals surface area contributed by atoms with Gasteiger partial charge >= 0.3 is 0 Å². The predicted molar refractivity (Wildman–Crippen MR) is 116 cm³/mol. The van der Waals surface area contributed by atoms with Gasteiger partial charge in [0.25, 0.3) is 0 Å². The smallest absolute Gasteiger partial charge is 0.232 e. The number of nitrogens with zero attached hydrogens (tertiary/aromatic N) is 3. The molecule has 0 radical (unpaired) electrons. The van der Waals surface area contributed by atoms with Crippen LogP contribution in [0.15, 0.2) is 77.8 Å². The normalized spacial score (nSPS) is 18.6. The Bertz CT molecular complexity index is 1280. The first-order valence-corrected chi connectivity index (χ1v) is 9.74. The van der Waals surface area contributed by atoms with E-state index < -0.39 is 5.54 Å². The molecule has 1 aliphatic heterocycles. The van der Waals surface area contributed by atoms with Crippen molar-refractivity contribution in [3.05, 3.63) is 95.1 Å². The van der Waals surface area contributed by atoms with Gasteiger partial charge in [-0.15, -0.1) is 0 Å². The zero-order valence-corrected chi connectivity index (χ0v) is 16.7. The molecule has 1 atom stereocenters. The molecule has 4 nitrogen and oxygen atoms in total. The number of carbonyl (C=O) groups is 1. The largest absolute Gasteiger partial charge is 0.291 e. The molecule has 4 heteroatoms. The number of aromatic nitrogens is 2. The molecule has 0 spiro atoms. The molecular formula is C25H21N3O. The van der Waals surface area contributed by atoms with Crippen molar-refractivity contribution in [3.8, 4) is 0 Å². The van der Waals surface area contributed by atoms with Crippen LogP contribution < -0.4 is 0 Å². The third-order valence-electron chi connectivity index (χ3n) is 5.80. The predicted octanol–water partition coefficient (Wildman–Crippen LogP) is 5.12. The molecular weight excluding hydrogens is 358 g/mol. The van der Waals surface area contributed by atoms with E-state index in [-0.39, 0.29) is 5.78 Å². The van der Waals surface area contributed by atoms with Crippen molar-refractivity contribution in [2.45, 2.75) is 26.3 Å². The number of aliphatic imine (C=N–C) groups is 1. The average Bonchev–Trinajstić information content (AvgIpc) is 3.11. The first kappa shape index (κ1) is 17.6. The van der Waals surface area contributed by atoms with Crippen molar-refractivity contribution in [2.75, 3.05) is 0 Å². The van der Waals surface area contributed by atoms with E-state index in [2.05, 4.69) is 0 Å². The monoisotopic (exact) mass is 379 g/mol. The van der Waals surface area contributed by atoms with E-state index >= 15 is 0 Å². The van der Waals surface area contributed by atoms with Gasteiger partial charge < -0.3 is 0 Å². The quantitative estimate of drug-likeness (QED) is 0.485. The van der Waals surface area contributed by atoms with Gasteiger partial charge in [0, 0.05) is 5.56 Å². The van der Waals surface area contributed by atoms with Gasteiger partial charge in [-0.25, -0.2) is 9.98 Å². The van der Waals surface area contributed by atoms with E-state index in [0.29, 0.717) is 11.7 Å². The lowest BCUT2D eigenvalue weighted by molar-refractivity contribution is -0.118. The van der Waals surface area contributed by atoms with Crippen LogP contribution in [0.4, 0.5) is 5.95 Å². The van der Waals surface area contributed by atoms with Gasteiger partial charge in [-0.3, -0.25) is 9.36 Å². The van der Waals surface area contributed by atoms with Crippen molar-refractivity contribution < 1.29 is 4.79 Å². The number of para-hydroxylation sites is 2. The summed E-state index contributed by atoms with van der Waals surface area (Å²) in [5.41, 5.74) is 5.31. The molecule has 0 N–H and O–H groups in total. The van der Waals surface area contributed by atoms with E-state index in [4.69, 9.17) is 9.98 Å². The molecule has 2 heterocycles. The number of Topliss-reactive ketones (excluding diaryl/α,β-unsaturated/α-hetero) is 1. The molecule has 0 amide bonds. The van der Waals surface area contributed by atoms with Crippen molar-refractivity contribution in [2.24, 2.45) is 4.99 Å². The number of aryl methyl sites for hydroxylation is 2. The molecule has 0 bridgehead atoms. The maximum Gasteiger partial charge on any atom is 0.232 e. The maximum atomic E-state index is 13.9. The number of imidazole rings is 1. The average molecular weight is 379 g/mol. The molecule has 0 fully saturated rings. The number of hydrogen-bond donors (Lipinski definition) is 0. The Morgan fingerprint density at radius 3 is 2.14 bits per heavy atom. The summed E-state index contributed by atoms with van der Waals surface area (Å²) in [5.74, 6) is 0.533. The van der Waals surface area contributed by atoms with Crippen LogP contribution >= 0.6 is 0 Å². The minimum atomic E-state index is -0.929. The lowest BCUT2D eigenvalue weighted by atomic mass is 9.81. The minimum absolute atomic E-state index is 0.0270. The van der Waals surface area contributed by atoms with Crippen LogP contribution in [0.5, 0.6) is 0 Å². The molecule has 29 heavy (non-hydrogen) atoms. The van der Waals surface area contributed by atoms with Gasteiger partial charge in [0.1, 0.15) is 11.3 Å². The van der Waals surface area contributed by atoms with Crippen LogP contribution in [0.25, 0.3) is 11.0 Å². The summed E-state index contributed by atoms with van der Waals surface area (Å²) in [7, 11) is 0. The molecule has 0 aliphatic carbocycles. The van der Waals surface area contributed by atoms with Crippen LogP contribution in [0, 0.1) is 13.8 Å². The highest BCUT2D eigenvalue weighted by molar-refractivity contribution is 6.49. The molecule has 0 saturated carbocycles. The number of ketones is 1. The number of hydrogen-bond acceptors (Lipinski definition) is 3. The molecule has 5 rings (SSSR count). The van der Waals surface area contributed by atoms with Gasteiger partial charge in [0.2, 0.25) is 11.7 Å². The lowest BCUT2D eigenvalue weighted by Crippen LogP contribution is -2.46. The van der Waals surface area contributed by atoms with Crippen LogP contribution in [0.1, 0.15) is 29.2 Å². The summed E-state index contributed by atoms with van der Waals surface area (Å²) in [4.78, 5) is 23.4.